The number of nitrogens with one attached hydrogen (secondary N) is 1. The molecular weight excluding hydrogens is 318 g/mol. The van der Waals surface area contributed by atoms with Crippen LogP contribution in [0.3, 0.4) is 0 Å². The van der Waals surface area contributed by atoms with Crippen molar-refractivity contribution in [2.75, 3.05) is 18.0 Å². The minimum absolute atomic E-state index is 0.0528. The van der Waals surface area contributed by atoms with Gasteiger partial charge >= 0.3 is 6.03 Å². The van der Waals surface area contributed by atoms with Gasteiger partial charge in [-0.1, -0.05) is 18.2 Å². The normalized spacial score (nSPS) is 13.9. The number of nitrogens with zero attached hydrogens (tertiary/aromatic N) is 2. The second kappa shape index (κ2) is 5.90. The summed E-state index contributed by atoms with van der Waals surface area (Å²) in [5, 5.41) is 13.4. The molecule has 4 rings (SSSR count). The average molecular weight is 333 g/mol. The van der Waals surface area contributed by atoms with Gasteiger partial charge in [-0.3, -0.25) is 14.7 Å². The van der Waals surface area contributed by atoms with E-state index in [1.54, 1.807) is 29.2 Å². The van der Waals surface area contributed by atoms with E-state index in [1.165, 1.54) is 12.3 Å². The molecular formula is C19H15N3O3. The number of ketones is 1. The fraction of sp³-hybridized carbons (Fsp3) is 0.105. The van der Waals surface area contributed by atoms with Crippen LogP contribution in [0.2, 0.25) is 0 Å². The highest BCUT2D eigenvalue weighted by molar-refractivity contribution is 6.11. The van der Waals surface area contributed by atoms with Crippen LogP contribution in [-0.4, -0.2) is 35.0 Å². The lowest BCUT2D eigenvalue weighted by Crippen LogP contribution is -2.27. The number of phenolic OH excluding ortho intramolecular Hbond substituents is 1. The molecule has 0 bridgehead atoms. The number of carbonyl (C=O) groups excluding carboxylic acids is 2. The number of aromatic hydroxyl groups is 1. The van der Waals surface area contributed by atoms with Crippen molar-refractivity contribution in [3.63, 3.8) is 0 Å². The smallest absolute Gasteiger partial charge is 0.321 e. The average Bonchev–Trinajstić information content (AvgIpc) is 3.06. The molecule has 1 fully saturated rings. The first-order valence-electron chi connectivity index (χ1n) is 7.91. The molecule has 1 aromatic heterocycles. The summed E-state index contributed by atoms with van der Waals surface area (Å²) in [6.45, 7) is 1.24. The molecule has 6 heteroatoms. The number of hydrogen-bond donors (Lipinski definition) is 2. The number of para-hydroxylation sites is 1. The molecule has 2 heterocycles. The number of amides is 2. The van der Waals surface area contributed by atoms with E-state index >= 15 is 0 Å². The third-order valence-corrected chi connectivity index (χ3v) is 4.25. The van der Waals surface area contributed by atoms with Gasteiger partial charge in [-0.15, -0.1) is 0 Å². The van der Waals surface area contributed by atoms with Gasteiger partial charge in [-0.2, -0.15) is 0 Å². The van der Waals surface area contributed by atoms with Gasteiger partial charge in [0.25, 0.3) is 0 Å². The Hall–Kier alpha value is -3.41. The van der Waals surface area contributed by atoms with Crippen LogP contribution in [0.25, 0.3) is 10.9 Å². The second-order valence-corrected chi connectivity index (χ2v) is 5.83. The van der Waals surface area contributed by atoms with Crippen molar-refractivity contribution in [1.29, 1.82) is 0 Å². The number of benzene rings is 2. The third-order valence-electron chi connectivity index (χ3n) is 4.25. The number of rotatable bonds is 3. The number of urea groups is 1. The van der Waals surface area contributed by atoms with Crippen molar-refractivity contribution in [3.05, 3.63) is 65.9 Å². The van der Waals surface area contributed by atoms with Crippen molar-refractivity contribution in [2.45, 2.75) is 0 Å². The molecule has 0 radical (unpaired) electrons. The van der Waals surface area contributed by atoms with Crippen LogP contribution in [0.15, 0.2) is 54.7 Å². The van der Waals surface area contributed by atoms with Crippen LogP contribution >= 0.6 is 0 Å². The minimum Gasteiger partial charge on any atom is -0.507 e. The van der Waals surface area contributed by atoms with Crippen molar-refractivity contribution in [2.24, 2.45) is 0 Å². The van der Waals surface area contributed by atoms with Crippen LogP contribution in [0, 0.1) is 0 Å². The molecule has 3 aromatic rings. The maximum absolute atomic E-state index is 12.6. The van der Waals surface area contributed by atoms with Crippen molar-refractivity contribution < 1.29 is 14.7 Å². The SMILES string of the molecule is O=C(c1cnc2cc(N3CCNC3=O)ccc2c1)c1ccccc1O. The largest absolute Gasteiger partial charge is 0.507 e. The van der Waals surface area contributed by atoms with Gasteiger partial charge in [0.05, 0.1) is 11.1 Å². The van der Waals surface area contributed by atoms with Gasteiger partial charge in [0.1, 0.15) is 5.75 Å². The van der Waals surface area contributed by atoms with Crippen LogP contribution in [0.4, 0.5) is 10.5 Å². The Kier molecular flexibility index (Phi) is 3.57. The van der Waals surface area contributed by atoms with Gasteiger partial charge in [-0.05, 0) is 30.3 Å². The Morgan fingerprint density at radius 3 is 2.76 bits per heavy atom. The minimum atomic E-state index is -0.282. The first kappa shape index (κ1) is 15.1. The lowest BCUT2D eigenvalue weighted by molar-refractivity contribution is 0.103. The van der Waals surface area contributed by atoms with E-state index in [-0.39, 0.29) is 23.1 Å². The summed E-state index contributed by atoms with van der Waals surface area (Å²) in [7, 11) is 0. The van der Waals surface area contributed by atoms with Crippen LogP contribution in [0.5, 0.6) is 5.75 Å². The molecule has 2 amide bonds. The first-order valence-corrected chi connectivity index (χ1v) is 7.91. The Labute approximate surface area is 143 Å². The number of fused-ring (bicyclic) bond motifs is 1. The lowest BCUT2D eigenvalue weighted by atomic mass is 10.0. The predicted octanol–water partition coefficient (Wildman–Crippen LogP) is 2.70. The summed E-state index contributed by atoms with van der Waals surface area (Å²) < 4.78 is 0. The fourth-order valence-electron chi connectivity index (χ4n) is 2.94. The third kappa shape index (κ3) is 2.67. The molecule has 0 atom stereocenters. The van der Waals surface area contributed by atoms with Crippen molar-refractivity contribution in [1.82, 2.24) is 10.3 Å². The van der Waals surface area contributed by atoms with E-state index in [0.717, 1.165) is 11.1 Å². The standard InChI is InChI=1S/C19H15N3O3/c23-17-4-2-1-3-15(17)18(24)13-9-12-5-6-14(10-16(12)21-11-13)22-8-7-20-19(22)25/h1-6,9-11,23H,7-8H2,(H,20,25). The quantitative estimate of drug-likeness (QED) is 0.722. The molecule has 6 nitrogen and oxygen atoms in total. The zero-order chi connectivity index (χ0) is 17.4. The fourth-order valence-corrected chi connectivity index (χ4v) is 2.94. The van der Waals surface area contributed by atoms with E-state index in [0.29, 0.717) is 24.2 Å². The molecule has 1 aliphatic heterocycles. The molecule has 124 valence electrons. The number of phenols is 1. The number of anilines is 1. The number of carbonyl (C=O) groups is 2. The highest BCUT2D eigenvalue weighted by Crippen LogP contribution is 2.25. The molecule has 1 aliphatic rings. The molecule has 2 N–H and O–H groups in total. The van der Waals surface area contributed by atoms with Crippen LogP contribution < -0.4 is 10.2 Å². The Morgan fingerprint density at radius 1 is 1.16 bits per heavy atom. The molecule has 0 saturated carbocycles. The van der Waals surface area contributed by atoms with Gasteiger partial charge < -0.3 is 10.4 Å². The maximum Gasteiger partial charge on any atom is 0.321 e. The molecule has 0 aliphatic carbocycles. The van der Waals surface area contributed by atoms with E-state index in [4.69, 9.17) is 0 Å². The molecule has 0 unspecified atom stereocenters. The van der Waals surface area contributed by atoms with Gasteiger partial charge in [0.15, 0.2) is 5.78 Å². The summed E-state index contributed by atoms with van der Waals surface area (Å²) >= 11 is 0. The maximum atomic E-state index is 12.6. The van der Waals surface area contributed by atoms with E-state index in [1.807, 2.05) is 18.2 Å². The van der Waals surface area contributed by atoms with E-state index < -0.39 is 0 Å². The Bertz CT molecular complexity index is 1000. The number of aromatic nitrogens is 1. The number of pyridine rings is 1. The van der Waals surface area contributed by atoms with Gasteiger partial charge in [-0.25, -0.2) is 4.79 Å². The Balaban J connectivity index is 1.70. The Morgan fingerprint density at radius 2 is 2.00 bits per heavy atom. The summed E-state index contributed by atoms with van der Waals surface area (Å²) in [5.74, 6) is -0.335. The van der Waals surface area contributed by atoms with Crippen LogP contribution in [0.1, 0.15) is 15.9 Å². The van der Waals surface area contributed by atoms with Crippen LogP contribution in [-0.2, 0) is 0 Å². The second-order valence-electron chi connectivity index (χ2n) is 5.83. The number of hydrogen-bond acceptors (Lipinski definition) is 4. The highest BCUT2D eigenvalue weighted by atomic mass is 16.3. The van der Waals surface area contributed by atoms with Gasteiger partial charge in [0.2, 0.25) is 0 Å². The molecule has 1 saturated heterocycles. The monoisotopic (exact) mass is 333 g/mol. The first-order chi connectivity index (χ1) is 12.1. The zero-order valence-corrected chi connectivity index (χ0v) is 13.3. The zero-order valence-electron chi connectivity index (χ0n) is 13.3. The lowest BCUT2D eigenvalue weighted by Gasteiger charge is -2.14. The molecule has 25 heavy (non-hydrogen) atoms. The van der Waals surface area contributed by atoms with Crippen molar-refractivity contribution >= 4 is 28.4 Å². The topological polar surface area (TPSA) is 82.5 Å². The van der Waals surface area contributed by atoms with E-state index in [2.05, 4.69) is 10.3 Å². The molecule has 2 aromatic carbocycles. The summed E-state index contributed by atoms with van der Waals surface area (Å²) in [4.78, 5) is 30.3. The van der Waals surface area contributed by atoms with Gasteiger partial charge in [0, 0.05) is 35.9 Å². The summed E-state index contributed by atoms with van der Waals surface area (Å²) in [6, 6.07) is 13.6. The molecule has 0 spiro atoms. The highest BCUT2D eigenvalue weighted by Gasteiger charge is 2.21. The summed E-state index contributed by atoms with van der Waals surface area (Å²) in [5.41, 5.74) is 2.12. The van der Waals surface area contributed by atoms with E-state index in [9.17, 15) is 14.7 Å². The van der Waals surface area contributed by atoms with Crippen molar-refractivity contribution in [3.8, 4) is 5.75 Å². The predicted molar refractivity (Wildman–Crippen MR) is 94.0 cm³/mol. The summed E-state index contributed by atoms with van der Waals surface area (Å²) in [6.07, 6.45) is 1.49.